The fourth-order valence-corrected chi connectivity index (χ4v) is 1.50. The first kappa shape index (κ1) is 12.7. The smallest absolute Gasteiger partial charge is 0.188 e. The Labute approximate surface area is 96.4 Å². The van der Waals surface area contributed by atoms with E-state index in [-0.39, 0.29) is 12.2 Å². The molecule has 0 fully saturated rings. The van der Waals surface area contributed by atoms with Crippen molar-refractivity contribution in [3.05, 3.63) is 29.3 Å². The van der Waals surface area contributed by atoms with Crippen LogP contribution < -0.4 is 4.74 Å². The topological polar surface area (TPSA) is 35.5 Å². The van der Waals surface area contributed by atoms with E-state index in [9.17, 15) is 4.79 Å². The van der Waals surface area contributed by atoms with Crippen molar-refractivity contribution in [1.29, 1.82) is 0 Å². The second-order valence-electron chi connectivity index (χ2n) is 4.67. The number of ether oxygens (including phenoxy) is 2. The summed E-state index contributed by atoms with van der Waals surface area (Å²) in [5.41, 5.74) is 1.61. The maximum absolute atomic E-state index is 10.9. The van der Waals surface area contributed by atoms with Crippen molar-refractivity contribution in [3.8, 4) is 5.75 Å². The predicted molar refractivity (Wildman–Crippen MR) is 63.0 cm³/mol. The molecule has 0 radical (unpaired) electrons. The number of carbonyl (C=O) groups is 1. The van der Waals surface area contributed by atoms with E-state index in [4.69, 9.17) is 9.47 Å². The quantitative estimate of drug-likeness (QED) is 0.580. The Morgan fingerprint density at radius 2 is 2.00 bits per heavy atom. The zero-order valence-corrected chi connectivity index (χ0v) is 10.2. The lowest BCUT2D eigenvalue weighted by atomic mass is 9.84. The second-order valence-corrected chi connectivity index (χ2v) is 4.67. The van der Waals surface area contributed by atoms with Crippen LogP contribution in [0.2, 0.25) is 0 Å². The van der Waals surface area contributed by atoms with Crippen molar-refractivity contribution in [3.63, 3.8) is 0 Å². The van der Waals surface area contributed by atoms with Crippen molar-refractivity contribution < 1.29 is 14.3 Å². The Balaban J connectivity index is 3.06. The van der Waals surface area contributed by atoms with E-state index in [1.165, 1.54) is 0 Å². The van der Waals surface area contributed by atoms with E-state index in [1.54, 1.807) is 19.2 Å². The average Bonchev–Trinajstić information content (AvgIpc) is 2.24. The van der Waals surface area contributed by atoms with Gasteiger partial charge in [-0.15, -0.1) is 0 Å². The van der Waals surface area contributed by atoms with Gasteiger partial charge >= 0.3 is 0 Å². The largest absolute Gasteiger partial charge is 0.468 e. The summed E-state index contributed by atoms with van der Waals surface area (Å²) in [6.45, 7) is 6.41. The highest BCUT2D eigenvalue weighted by Crippen LogP contribution is 2.28. The summed E-state index contributed by atoms with van der Waals surface area (Å²) in [6.07, 6.45) is 0.876. The van der Waals surface area contributed by atoms with Crippen molar-refractivity contribution in [1.82, 2.24) is 0 Å². The fraction of sp³-hybridized carbons (Fsp3) is 0.462. The maximum Gasteiger partial charge on any atom is 0.188 e. The van der Waals surface area contributed by atoms with Gasteiger partial charge in [0.05, 0.1) is 0 Å². The monoisotopic (exact) mass is 222 g/mol. The number of hydrogen-bond donors (Lipinski definition) is 0. The SMILES string of the molecule is COCOc1ccc(C=O)c(C(C)(C)C)c1. The van der Waals surface area contributed by atoms with Gasteiger partial charge in [-0.3, -0.25) is 4.79 Å². The molecule has 0 amide bonds. The van der Waals surface area contributed by atoms with Crippen LogP contribution in [0.25, 0.3) is 0 Å². The molecule has 0 aliphatic heterocycles. The number of hydrogen-bond acceptors (Lipinski definition) is 3. The molecule has 0 unspecified atom stereocenters. The van der Waals surface area contributed by atoms with E-state index < -0.39 is 0 Å². The lowest BCUT2D eigenvalue weighted by Gasteiger charge is -2.21. The van der Waals surface area contributed by atoms with E-state index in [1.807, 2.05) is 6.07 Å². The molecule has 88 valence electrons. The standard InChI is InChI=1S/C13H18O3/c1-13(2,3)12-7-11(16-9-15-4)6-5-10(12)8-14/h5-8H,9H2,1-4H3. The highest BCUT2D eigenvalue weighted by molar-refractivity contribution is 5.78. The third kappa shape index (κ3) is 3.07. The van der Waals surface area contributed by atoms with E-state index in [0.29, 0.717) is 5.56 Å². The normalized spacial score (nSPS) is 11.2. The molecule has 1 aromatic rings. The molecule has 0 aliphatic rings. The molecular weight excluding hydrogens is 204 g/mol. The highest BCUT2D eigenvalue weighted by atomic mass is 16.7. The number of rotatable bonds is 4. The number of carbonyl (C=O) groups excluding carboxylic acids is 1. The van der Waals surface area contributed by atoms with Gasteiger partial charge in [-0.25, -0.2) is 0 Å². The predicted octanol–water partition coefficient (Wildman–Crippen LogP) is 2.78. The van der Waals surface area contributed by atoms with Gasteiger partial charge in [-0.2, -0.15) is 0 Å². The molecule has 0 saturated carbocycles. The van der Waals surface area contributed by atoms with Gasteiger partial charge in [0.1, 0.15) is 12.0 Å². The zero-order chi connectivity index (χ0) is 12.2. The molecule has 0 atom stereocenters. The van der Waals surface area contributed by atoms with Crippen molar-refractivity contribution in [2.24, 2.45) is 0 Å². The van der Waals surface area contributed by atoms with Gasteiger partial charge in [-0.1, -0.05) is 20.8 Å². The van der Waals surface area contributed by atoms with Crippen molar-refractivity contribution in [2.75, 3.05) is 13.9 Å². The first-order valence-corrected chi connectivity index (χ1v) is 5.20. The molecule has 0 saturated heterocycles. The molecule has 0 bridgehead atoms. The van der Waals surface area contributed by atoms with Gasteiger partial charge in [-0.05, 0) is 29.2 Å². The van der Waals surface area contributed by atoms with Crippen LogP contribution in [-0.4, -0.2) is 20.2 Å². The highest BCUT2D eigenvalue weighted by Gasteiger charge is 2.18. The summed E-state index contributed by atoms with van der Waals surface area (Å²) in [6, 6.07) is 5.44. The summed E-state index contributed by atoms with van der Waals surface area (Å²) in [5.74, 6) is 0.720. The summed E-state index contributed by atoms with van der Waals surface area (Å²) >= 11 is 0. The number of methoxy groups -OCH3 is 1. The van der Waals surface area contributed by atoms with Gasteiger partial charge < -0.3 is 9.47 Å². The minimum atomic E-state index is -0.0807. The summed E-state index contributed by atoms with van der Waals surface area (Å²) < 4.78 is 10.2. The molecule has 16 heavy (non-hydrogen) atoms. The second kappa shape index (κ2) is 5.12. The third-order valence-electron chi connectivity index (χ3n) is 2.30. The summed E-state index contributed by atoms with van der Waals surface area (Å²) in [7, 11) is 1.57. The molecule has 0 N–H and O–H groups in total. The number of aldehydes is 1. The van der Waals surface area contributed by atoms with E-state index in [2.05, 4.69) is 20.8 Å². The van der Waals surface area contributed by atoms with Crippen molar-refractivity contribution in [2.45, 2.75) is 26.2 Å². The van der Waals surface area contributed by atoms with Crippen LogP contribution in [0.3, 0.4) is 0 Å². The first-order chi connectivity index (χ1) is 7.49. The molecule has 1 rings (SSSR count). The number of benzene rings is 1. The van der Waals surface area contributed by atoms with Crippen molar-refractivity contribution >= 4 is 6.29 Å². The van der Waals surface area contributed by atoms with Crippen LogP contribution in [0.4, 0.5) is 0 Å². The molecular formula is C13H18O3. The molecule has 1 aromatic carbocycles. The summed E-state index contributed by atoms with van der Waals surface area (Å²) in [5, 5.41) is 0. The Kier molecular flexibility index (Phi) is 4.07. The molecule has 3 nitrogen and oxygen atoms in total. The van der Waals surface area contributed by atoms with E-state index in [0.717, 1.165) is 17.6 Å². The van der Waals surface area contributed by atoms with Crippen LogP contribution in [0, 0.1) is 0 Å². The Morgan fingerprint density at radius 1 is 1.31 bits per heavy atom. The minimum absolute atomic E-state index is 0.0807. The third-order valence-corrected chi connectivity index (χ3v) is 2.30. The molecule has 0 aromatic heterocycles. The van der Waals surface area contributed by atoms with Gasteiger partial charge in [0.25, 0.3) is 0 Å². The van der Waals surface area contributed by atoms with Crippen LogP contribution in [0.1, 0.15) is 36.7 Å². The van der Waals surface area contributed by atoms with Crippen LogP contribution in [0.15, 0.2) is 18.2 Å². The molecule has 0 heterocycles. The lowest BCUT2D eigenvalue weighted by molar-refractivity contribution is 0.0510. The fourth-order valence-electron chi connectivity index (χ4n) is 1.50. The Hall–Kier alpha value is -1.35. The van der Waals surface area contributed by atoms with Gasteiger partial charge in [0.15, 0.2) is 6.79 Å². The minimum Gasteiger partial charge on any atom is -0.468 e. The molecule has 0 spiro atoms. The molecule has 0 aliphatic carbocycles. The summed E-state index contributed by atoms with van der Waals surface area (Å²) in [4.78, 5) is 10.9. The van der Waals surface area contributed by atoms with Gasteiger partial charge in [0, 0.05) is 12.7 Å². The van der Waals surface area contributed by atoms with Crippen LogP contribution >= 0.6 is 0 Å². The van der Waals surface area contributed by atoms with Crippen LogP contribution in [0.5, 0.6) is 5.75 Å². The first-order valence-electron chi connectivity index (χ1n) is 5.20. The van der Waals surface area contributed by atoms with Crippen LogP contribution in [-0.2, 0) is 10.2 Å². The zero-order valence-electron chi connectivity index (χ0n) is 10.2. The van der Waals surface area contributed by atoms with Gasteiger partial charge in [0.2, 0.25) is 0 Å². The lowest BCUT2D eigenvalue weighted by Crippen LogP contribution is -2.14. The average molecular weight is 222 g/mol. The molecule has 3 heteroatoms. The Bertz CT molecular complexity index is 364. The Morgan fingerprint density at radius 3 is 2.50 bits per heavy atom. The maximum atomic E-state index is 10.9. The van der Waals surface area contributed by atoms with E-state index >= 15 is 0 Å².